The quantitative estimate of drug-likeness (QED) is 0.0211. The van der Waals surface area contributed by atoms with Gasteiger partial charge in [-0.1, -0.05) is 222 Å². The van der Waals surface area contributed by atoms with Crippen LogP contribution in [0.4, 0.5) is 0 Å². The van der Waals surface area contributed by atoms with Crippen LogP contribution >= 0.6 is 7.82 Å². The average Bonchev–Trinajstić information content (AvgIpc) is 3.30. The number of likely N-dealkylation sites (N-methyl/N-ethyl adjacent to an activating group) is 1. The molecule has 2 atom stereocenters. The zero-order valence-corrected chi connectivity index (χ0v) is 45.5. The van der Waals surface area contributed by atoms with E-state index in [4.69, 9.17) is 18.5 Å². The second-order valence-electron chi connectivity index (χ2n) is 19.6. The van der Waals surface area contributed by atoms with Gasteiger partial charge in [0.2, 0.25) is 0 Å². The summed E-state index contributed by atoms with van der Waals surface area (Å²) in [6.45, 7) is 4.22. The van der Waals surface area contributed by atoms with Gasteiger partial charge in [-0.2, -0.15) is 0 Å². The molecule has 0 saturated heterocycles. The maximum absolute atomic E-state index is 12.7. The molecule has 0 fully saturated rings. The summed E-state index contributed by atoms with van der Waals surface area (Å²) >= 11 is 0. The first-order chi connectivity index (χ1) is 33.0. The Morgan fingerprint density at radius 3 is 1.31 bits per heavy atom. The third-order valence-electron chi connectivity index (χ3n) is 11.7. The molecule has 0 spiro atoms. The molecule has 0 aromatic carbocycles. The Bertz CT molecular complexity index is 1380. The van der Waals surface area contributed by atoms with Crippen LogP contribution in [0.2, 0.25) is 0 Å². The summed E-state index contributed by atoms with van der Waals surface area (Å²) in [6.07, 6.45) is 64.4. The predicted molar refractivity (Wildman–Crippen MR) is 289 cm³/mol. The zero-order valence-electron chi connectivity index (χ0n) is 44.6. The molecule has 10 heteroatoms. The number of carbonyl (C=O) groups excluding carboxylic acids is 2. The largest absolute Gasteiger partial charge is 0.472 e. The van der Waals surface area contributed by atoms with Gasteiger partial charge in [0, 0.05) is 12.8 Å². The van der Waals surface area contributed by atoms with Crippen molar-refractivity contribution < 1.29 is 42.1 Å². The number of phosphoric ester groups is 1. The van der Waals surface area contributed by atoms with E-state index in [0.29, 0.717) is 17.4 Å². The van der Waals surface area contributed by atoms with Gasteiger partial charge in [-0.05, 0) is 70.6 Å². The molecule has 0 aliphatic heterocycles. The molecule has 2 unspecified atom stereocenters. The number of carbonyl (C=O) groups is 2. The molecule has 68 heavy (non-hydrogen) atoms. The highest BCUT2D eigenvalue weighted by Crippen LogP contribution is 2.43. The van der Waals surface area contributed by atoms with Crippen LogP contribution in [0.15, 0.2) is 72.9 Å². The van der Waals surface area contributed by atoms with Crippen LogP contribution in [-0.4, -0.2) is 74.9 Å². The molecule has 0 heterocycles. The van der Waals surface area contributed by atoms with Crippen molar-refractivity contribution in [2.45, 2.75) is 238 Å². The number of esters is 2. The van der Waals surface area contributed by atoms with Gasteiger partial charge in [0.05, 0.1) is 27.7 Å². The van der Waals surface area contributed by atoms with Crippen LogP contribution < -0.4 is 0 Å². The highest BCUT2D eigenvalue weighted by atomic mass is 31.2. The van der Waals surface area contributed by atoms with Crippen LogP contribution in [0.25, 0.3) is 0 Å². The predicted octanol–water partition coefficient (Wildman–Crippen LogP) is 16.9. The van der Waals surface area contributed by atoms with Gasteiger partial charge >= 0.3 is 19.8 Å². The molecular weight excluding hydrogens is 870 g/mol. The molecule has 0 amide bonds. The van der Waals surface area contributed by atoms with Gasteiger partial charge < -0.3 is 18.9 Å². The lowest BCUT2D eigenvalue weighted by molar-refractivity contribution is -0.870. The van der Waals surface area contributed by atoms with E-state index in [-0.39, 0.29) is 32.0 Å². The van der Waals surface area contributed by atoms with Crippen LogP contribution in [0.5, 0.6) is 0 Å². The normalized spacial score (nSPS) is 13.9. The highest BCUT2D eigenvalue weighted by molar-refractivity contribution is 7.47. The van der Waals surface area contributed by atoms with E-state index < -0.39 is 26.5 Å². The Hall–Kier alpha value is -2.55. The van der Waals surface area contributed by atoms with Crippen LogP contribution in [0.3, 0.4) is 0 Å². The third-order valence-corrected chi connectivity index (χ3v) is 12.7. The first-order valence-corrected chi connectivity index (χ1v) is 29.2. The maximum Gasteiger partial charge on any atom is 0.472 e. The molecule has 0 rings (SSSR count). The van der Waals surface area contributed by atoms with E-state index in [1.807, 2.05) is 33.3 Å². The minimum absolute atomic E-state index is 0.0173. The SMILES string of the molecule is CC/C=C\C/C=C\C/C=C\C/C=C\CCC(=O)OC(COC(=O)CCCCCCCCCCCCCCCCCCCCC/C=C\C/C=C\CCCCCCC)COP(=O)(O)OCC[N+](C)(C)C. The lowest BCUT2D eigenvalue weighted by Gasteiger charge is -2.24. The Balaban J connectivity index is 4.06. The molecule has 9 nitrogen and oxygen atoms in total. The number of hydrogen-bond donors (Lipinski definition) is 1. The van der Waals surface area contributed by atoms with Crippen molar-refractivity contribution in [2.24, 2.45) is 0 Å². The van der Waals surface area contributed by atoms with Crippen LogP contribution in [0, 0.1) is 0 Å². The van der Waals surface area contributed by atoms with Crippen molar-refractivity contribution in [3.05, 3.63) is 72.9 Å². The molecule has 0 radical (unpaired) electrons. The Morgan fingerprint density at radius 1 is 0.471 bits per heavy atom. The van der Waals surface area contributed by atoms with Gasteiger partial charge in [-0.25, -0.2) is 4.57 Å². The Morgan fingerprint density at radius 2 is 0.868 bits per heavy atom. The van der Waals surface area contributed by atoms with E-state index in [0.717, 1.165) is 51.4 Å². The highest BCUT2D eigenvalue weighted by Gasteiger charge is 2.27. The molecule has 0 aromatic rings. The van der Waals surface area contributed by atoms with Gasteiger partial charge in [-0.15, -0.1) is 0 Å². The molecule has 0 aliphatic rings. The number of quaternary nitrogens is 1. The minimum atomic E-state index is -4.40. The average molecular weight is 975 g/mol. The number of allylic oxidation sites excluding steroid dienone is 12. The number of unbranched alkanes of at least 4 members (excludes halogenated alkanes) is 24. The van der Waals surface area contributed by atoms with E-state index in [1.54, 1.807) is 0 Å². The second-order valence-corrected chi connectivity index (χ2v) is 21.0. The summed E-state index contributed by atoms with van der Waals surface area (Å²) in [5.74, 6) is -0.890. The first-order valence-electron chi connectivity index (χ1n) is 27.7. The maximum atomic E-state index is 12.7. The first kappa shape index (κ1) is 65.5. The van der Waals surface area contributed by atoms with Gasteiger partial charge in [0.25, 0.3) is 0 Å². The molecular formula is C58H105NO8P+. The van der Waals surface area contributed by atoms with Crippen molar-refractivity contribution in [3.63, 3.8) is 0 Å². The fraction of sp³-hybridized carbons (Fsp3) is 0.759. The Kier molecular flexibility index (Phi) is 47.6. The van der Waals surface area contributed by atoms with Gasteiger partial charge in [0.15, 0.2) is 6.10 Å². The summed E-state index contributed by atoms with van der Waals surface area (Å²) in [6, 6.07) is 0. The number of rotatable bonds is 50. The van der Waals surface area contributed by atoms with Crippen LogP contribution in [0.1, 0.15) is 232 Å². The number of hydrogen-bond acceptors (Lipinski definition) is 7. The lowest BCUT2D eigenvalue weighted by atomic mass is 10.0. The summed E-state index contributed by atoms with van der Waals surface area (Å²) in [4.78, 5) is 35.5. The minimum Gasteiger partial charge on any atom is -0.462 e. The van der Waals surface area contributed by atoms with E-state index in [9.17, 15) is 19.0 Å². The monoisotopic (exact) mass is 975 g/mol. The third kappa shape index (κ3) is 52.8. The number of nitrogens with zero attached hydrogens (tertiary/aromatic N) is 1. The second kappa shape index (κ2) is 49.4. The van der Waals surface area contributed by atoms with Crippen LogP contribution in [-0.2, 0) is 32.7 Å². The molecule has 0 aromatic heterocycles. The smallest absolute Gasteiger partial charge is 0.462 e. The van der Waals surface area contributed by atoms with Gasteiger partial charge in [-0.3, -0.25) is 18.6 Å². The summed E-state index contributed by atoms with van der Waals surface area (Å²) in [5, 5.41) is 0. The van der Waals surface area contributed by atoms with Crippen molar-refractivity contribution >= 4 is 19.8 Å². The molecule has 0 bridgehead atoms. The summed E-state index contributed by atoms with van der Waals surface area (Å²) in [5.41, 5.74) is 0. The van der Waals surface area contributed by atoms with Crippen molar-refractivity contribution in [1.82, 2.24) is 0 Å². The topological polar surface area (TPSA) is 108 Å². The van der Waals surface area contributed by atoms with Crippen molar-refractivity contribution in [2.75, 3.05) is 47.5 Å². The van der Waals surface area contributed by atoms with E-state index in [1.165, 1.54) is 148 Å². The fourth-order valence-corrected chi connectivity index (χ4v) is 8.21. The molecule has 0 saturated carbocycles. The Labute approximate surface area is 418 Å². The molecule has 0 aliphatic carbocycles. The molecule has 394 valence electrons. The summed E-state index contributed by atoms with van der Waals surface area (Å²) in [7, 11) is 1.43. The van der Waals surface area contributed by atoms with E-state index >= 15 is 0 Å². The summed E-state index contributed by atoms with van der Waals surface area (Å²) < 4.78 is 34.3. The van der Waals surface area contributed by atoms with E-state index in [2.05, 4.69) is 74.6 Å². The number of phosphoric acid groups is 1. The standard InChI is InChI=1S/C58H104NO8P/c1-6-8-10-12-14-16-18-20-21-22-23-24-25-26-27-28-29-30-31-32-33-34-35-36-37-39-40-42-44-46-48-50-57(60)64-54-56(55-66-68(62,63)65-53-52-59(3,4)5)67-58(61)51-49-47-45-43-41-38-19-17-15-13-11-9-7-2/h9,11,15,17-18,20,22-23,38,41,45,47,56H,6-8,10,12-14,16,19,21,24-37,39-40,42-44,46,48-55H2,1-5H3/p+1/b11-9-,17-15-,20-18-,23-22-,41-38-,47-45-. The van der Waals surface area contributed by atoms with Crippen molar-refractivity contribution in [1.29, 1.82) is 0 Å². The lowest BCUT2D eigenvalue weighted by Crippen LogP contribution is -2.37. The molecule has 1 N–H and O–H groups in total. The van der Waals surface area contributed by atoms with Gasteiger partial charge in [0.1, 0.15) is 19.8 Å². The number of ether oxygens (including phenoxy) is 2. The zero-order chi connectivity index (χ0) is 49.9. The fourth-order valence-electron chi connectivity index (χ4n) is 7.47. The van der Waals surface area contributed by atoms with Crippen molar-refractivity contribution in [3.8, 4) is 0 Å².